The number of aromatic nitrogens is 4. The van der Waals surface area contributed by atoms with Gasteiger partial charge in [-0.25, -0.2) is 9.97 Å². The number of thiophene rings is 8. The van der Waals surface area contributed by atoms with E-state index in [0.717, 1.165) is 87.4 Å². The Kier molecular flexibility index (Phi) is 11.0. The Balaban J connectivity index is 0.00000444. The summed E-state index contributed by atoms with van der Waals surface area (Å²) in [7, 11) is 0. The van der Waals surface area contributed by atoms with Gasteiger partial charge in [0.15, 0.2) is 0 Å². The number of nitrogens with zero attached hydrogens (tertiary/aromatic N) is 3. The first-order chi connectivity index (χ1) is 31.7. The van der Waals surface area contributed by atoms with Gasteiger partial charge in [-0.05, 0) is 128 Å². The standard InChI is InChI=1S/C52H30N4S8.Pt/c1-9-35(57-19-1)33-28-32-27-30-17-18-31(53-30)29-34-43(36-10-2-20-58-36)46(39-13-5-23-61-39)52(56(34)42-16-8-26-64-42)48(41-15-7-25-63-41)51-45(38-12-4-22-60-38)44(37-11-3-21-59-37)50(55-51)47(49(33)54-32)40-14-6-24-62-40;/h1-29,54H;. The van der Waals surface area contributed by atoms with Crippen LogP contribution < -0.4 is 0 Å². The summed E-state index contributed by atoms with van der Waals surface area (Å²) < 4.78 is 2.51. The van der Waals surface area contributed by atoms with Crippen molar-refractivity contribution in [3.63, 3.8) is 0 Å². The van der Waals surface area contributed by atoms with Gasteiger partial charge in [0, 0.05) is 99.7 Å². The Morgan fingerprint density at radius 2 is 0.877 bits per heavy atom. The molecule has 0 aromatic carbocycles. The Bertz CT molecular complexity index is 3680. The van der Waals surface area contributed by atoms with Crippen LogP contribution in [-0.2, 0) is 21.1 Å². The summed E-state index contributed by atoms with van der Waals surface area (Å²) in [4.78, 5) is 23.7. The second-order valence-corrected chi connectivity index (χ2v) is 22.6. The fourth-order valence-corrected chi connectivity index (χ4v) is 15.0. The van der Waals surface area contributed by atoms with Crippen molar-refractivity contribution in [3.05, 3.63) is 191 Å². The summed E-state index contributed by atoms with van der Waals surface area (Å²) in [5, 5.41) is 18.6. The van der Waals surface area contributed by atoms with E-state index in [0.29, 0.717) is 0 Å². The second-order valence-electron chi connectivity index (χ2n) is 15.0. The Labute approximate surface area is 420 Å². The van der Waals surface area contributed by atoms with E-state index in [9.17, 15) is 0 Å². The molecule has 0 amide bonds. The van der Waals surface area contributed by atoms with Crippen LogP contribution in [0.4, 0.5) is 0 Å². The molecule has 13 rings (SSSR count). The average molecular weight is 1160 g/mol. The number of H-pyrrole nitrogens is 1. The van der Waals surface area contributed by atoms with Crippen molar-refractivity contribution in [2.24, 2.45) is 0 Å². The van der Waals surface area contributed by atoms with Crippen LogP contribution in [0.1, 0.15) is 32.5 Å². The molecular weight excluding hydrogens is 1130 g/mol. The molecule has 0 saturated carbocycles. The van der Waals surface area contributed by atoms with Crippen LogP contribution in [0.2, 0.25) is 0 Å². The van der Waals surface area contributed by atoms with Crippen LogP contribution in [0.5, 0.6) is 0 Å². The molecule has 11 aromatic heterocycles. The minimum absolute atomic E-state index is 0. The van der Waals surface area contributed by atoms with Gasteiger partial charge in [-0.2, -0.15) is 0 Å². The van der Waals surface area contributed by atoms with E-state index in [1.807, 2.05) is 0 Å². The van der Waals surface area contributed by atoms with Gasteiger partial charge in [-0.3, -0.25) is 4.57 Å². The predicted molar refractivity (Wildman–Crippen MR) is 283 cm³/mol. The molecule has 11 aromatic rings. The van der Waals surface area contributed by atoms with Gasteiger partial charge < -0.3 is 4.98 Å². The molecule has 1 N–H and O–H groups in total. The van der Waals surface area contributed by atoms with E-state index >= 15 is 0 Å². The molecule has 4 nitrogen and oxygen atoms in total. The maximum Gasteiger partial charge on any atom is 0.1000 e. The van der Waals surface area contributed by atoms with Crippen molar-refractivity contribution in [1.29, 1.82) is 0 Å². The summed E-state index contributed by atoms with van der Waals surface area (Å²) in [6.07, 6.45) is 4.29. The molecular formula is C52H30N4PtS8. The molecule has 0 aliphatic carbocycles. The van der Waals surface area contributed by atoms with E-state index in [4.69, 9.17) is 9.97 Å². The van der Waals surface area contributed by atoms with Gasteiger partial charge in [0.25, 0.3) is 0 Å². The molecule has 0 spiro atoms. The molecule has 8 bridgehead atoms. The fraction of sp³-hybridized carbons (Fsp3) is 0. The Morgan fingerprint density at radius 3 is 1.42 bits per heavy atom. The average Bonchev–Trinajstić information content (AvgIpc) is 4.14. The first-order valence-corrected chi connectivity index (χ1v) is 27.4. The zero-order valence-corrected chi connectivity index (χ0v) is 42.5. The van der Waals surface area contributed by atoms with Crippen molar-refractivity contribution in [3.8, 4) is 57.2 Å². The van der Waals surface area contributed by atoms with Crippen molar-refractivity contribution < 1.29 is 21.1 Å². The van der Waals surface area contributed by atoms with Gasteiger partial charge in [0.05, 0.1) is 44.3 Å². The van der Waals surface area contributed by atoms with Gasteiger partial charge >= 0.3 is 0 Å². The van der Waals surface area contributed by atoms with Crippen molar-refractivity contribution >= 4 is 136 Å². The first-order valence-electron chi connectivity index (χ1n) is 20.4. The summed E-state index contributed by atoms with van der Waals surface area (Å²) in [5.41, 5.74) is 16.0. The molecule has 316 valence electrons. The molecule has 0 radical (unpaired) electrons. The number of nitrogens with one attached hydrogen (secondary N) is 1. The summed E-state index contributed by atoms with van der Waals surface area (Å²) in [6, 6.07) is 42.2. The normalized spacial score (nSPS) is 12.4. The van der Waals surface area contributed by atoms with Crippen molar-refractivity contribution in [1.82, 2.24) is 19.5 Å². The zero-order valence-electron chi connectivity index (χ0n) is 33.7. The predicted octanol–water partition coefficient (Wildman–Crippen LogP) is 17.8. The van der Waals surface area contributed by atoms with E-state index < -0.39 is 0 Å². The SMILES string of the molecule is C1=Cc2cc3c(-c4cccs4)c(-c4cccs4)c(c(-c4cccs4)c4nc(c(-c5cccs5)c5[nH]c(cc1n2)cc5-c1cccs1)C(c1cccs1)=C4c1cccs1)n3-c1cccs1.[Pt]. The summed E-state index contributed by atoms with van der Waals surface area (Å²) in [6.45, 7) is 0. The fourth-order valence-electron chi connectivity index (χ4n) is 8.84. The smallest absolute Gasteiger partial charge is 0.1000 e. The zero-order chi connectivity index (χ0) is 42.1. The maximum atomic E-state index is 6.16. The molecule has 0 unspecified atom stereocenters. The minimum atomic E-state index is 0. The third-order valence-corrected chi connectivity index (χ3v) is 18.4. The third-order valence-electron chi connectivity index (χ3n) is 11.3. The number of fused-ring (bicyclic) bond motifs is 8. The maximum absolute atomic E-state index is 6.16. The summed E-state index contributed by atoms with van der Waals surface area (Å²) >= 11 is 14.2. The summed E-state index contributed by atoms with van der Waals surface area (Å²) in [5.74, 6) is 0. The van der Waals surface area contributed by atoms with Gasteiger partial charge in [-0.1, -0.05) is 42.5 Å². The Morgan fingerprint density at radius 1 is 0.415 bits per heavy atom. The van der Waals surface area contributed by atoms with Crippen LogP contribution >= 0.6 is 90.7 Å². The first kappa shape index (κ1) is 41.3. The number of rotatable bonds is 8. The third kappa shape index (κ3) is 7.10. The van der Waals surface area contributed by atoms with Crippen molar-refractivity contribution in [2.45, 2.75) is 0 Å². The topological polar surface area (TPSA) is 46.5 Å². The molecule has 0 fully saturated rings. The molecule has 13 heterocycles. The van der Waals surface area contributed by atoms with Gasteiger partial charge in [-0.15, -0.1) is 90.7 Å². The number of aromatic amines is 1. The molecule has 2 aliphatic heterocycles. The number of hydrogen-bond donors (Lipinski definition) is 1. The molecule has 2 aliphatic rings. The monoisotopic (exact) mass is 1160 g/mol. The van der Waals surface area contributed by atoms with E-state index in [1.165, 1.54) is 35.5 Å². The second kappa shape index (κ2) is 17.3. The van der Waals surface area contributed by atoms with Gasteiger partial charge in [0.1, 0.15) is 0 Å². The Hall–Kier alpha value is -5.11. The molecule has 65 heavy (non-hydrogen) atoms. The van der Waals surface area contributed by atoms with Crippen LogP contribution in [0.25, 0.3) is 103 Å². The largest absolute Gasteiger partial charge is 0.354 e. The van der Waals surface area contributed by atoms with Crippen LogP contribution in [0, 0.1) is 0 Å². The quantitative estimate of drug-likeness (QED) is 0.165. The molecule has 0 atom stereocenters. The van der Waals surface area contributed by atoms with Crippen LogP contribution in [0.3, 0.4) is 0 Å². The van der Waals surface area contributed by atoms with Crippen LogP contribution in [0.15, 0.2) is 158 Å². The van der Waals surface area contributed by atoms with Crippen LogP contribution in [-0.4, -0.2) is 19.5 Å². The van der Waals surface area contributed by atoms with E-state index in [2.05, 4.69) is 180 Å². The van der Waals surface area contributed by atoms with E-state index in [1.54, 1.807) is 90.7 Å². The minimum Gasteiger partial charge on any atom is -0.354 e. The molecule has 13 heteroatoms. The van der Waals surface area contributed by atoms with Gasteiger partial charge in [0.2, 0.25) is 0 Å². The van der Waals surface area contributed by atoms with Crippen molar-refractivity contribution in [2.75, 3.05) is 0 Å². The van der Waals surface area contributed by atoms with E-state index in [-0.39, 0.29) is 21.1 Å². The number of hydrogen-bond acceptors (Lipinski definition) is 10. The molecule has 0 saturated heterocycles.